The molecule has 1 aromatic carbocycles. The lowest BCUT2D eigenvalue weighted by Crippen LogP contribution is -2.55. The van der Waals surface area contributed by atoms with E-state index in [0.717, 1.165) is 19.5 Å². The van der Waals surface area contributed by atoms with Crippen molar-refractivity contribution in [2.75, 3.05) is 20.1 Å². The first-order valence-electron chi connectivity index (χ1n) is 7.41. The summed E-state index contributed by atoms with van der Waals surface area (Å²) in [5.41, 5.74) is 3.11. The third kappa shape index (κ3) is 3.58. The first-order valence-corrected chi connectivity index (χ1v) is 7.41. The maximum atomic E-state index is 3.58. The molecule has 2 heteroatoms. The summed E-state index contributed by atoms with van der Waals surface area (Å²) in [6, 6.07) is 10.4. The molecule has 1 N–H and O–H groups in total. The molecule has 1 saturated heterocycles. The number of nitrogens with zero attached hydrogens (tertiary/aromatic N) is 1. The van der Waals surface area contributed by atoms with E-state index in [9.17, 15) is 0 Å². The number of piperazine rings is 1. The molecule has 1 heterocycles. The predicted molar refractivity (Wildman–Crippen MR) is 82.7 cm³/mol. The summed E-state index contributed by atoms with van der Waals surface area (Å²) < 4.78 is 0. The molecule has 106 valence electrons. The molecule has 2 rings (SSSR count). The highest BCUT2D eigenvalue weighted by atomic mass is 15.2. The maximum Gasteiger partial charge on any atom is 0.0284 e. The molecule has 0 radical (unpaired) electrons. The zero-order valence-corrected chi connectivity index (χ0v) is 13.0. The van der Waals surface area contributed by atoms with Crippen LogP contribution < -0.4 is 5.32 Å². The average Bonchev–Trinajstić information content (AvgIpc) is 2.33. The summed E-state index contributed by atoms with van der Waals surface area (Å²) in [5.74, 6) is 0. The molecule has 0 amide bonds. The van der Waals surface area contributed by atoms with Gasteiger partial charge in [0.15, 0.2) is 0 Å². The second-order valence-corrected chi connectivity index (χ2v) is 6.94. The largest absolute Gasteiger partial charge is 0.311 e. The van der Waals surface area contributed by atoms with Crippen molar-refractivity contribution in [2.24, 2.45) is 0 Å². The molecule has 1 fully saturated rings. The Kier molecular flexibility index (Phi) is 4.32. The number of rotatable bonds is 2. The highest BCUT2D eigenvalue weighted by Gasteiger charge is 2.25. The SMILES string of the molecule is CC1NCCN(C)C1Cc1ccc(C(C)(C)C)cc1. The number of hydrogen-bond acceptors (Lipinski definition) is 2. The summed E-state index contributed by atoms with van der Waals surface area (Å²) in [5, 5.41) is 3.58. The Labute approximate surface area is 118 Å². The van der Waals surface area contributed by atoms with E-state index in [1.165, 1.54) is 11.1 Å². The minimum Gasteiger partial charge on any atom is -0.311 e. The highest BCUT2D eigenvalue weighted by molar-refractivity contribution is 5.28. The molecule has 0 spiro atoms. The van der Waals surface area contributed by atoms with Gasteiger partial charge in [-0.2, -0.15) is 0 Å². The Balaban J connectivity index is 2.07. The molecular formula is C17H28N2. The molecule has 2 atom stereocenters. The van der Waals surface area contributed by atoms with Gasteiger partial charge in [-0.15, -0.1) is 0 Å². The van der Waals surface area contributed by atoms with E-state index in [1.54, 1.807) is 0 Å². The second kappa shape index (κ2) is 5.64. The number of hydrogen-bond donors (Lipinski definition) is 1. The number of nitrogens with one attached hydrogen (secondary N) is 1. The third-order valence-corrected chi connectivity index (χ3v) is 4.34. The molecule has 0 aliphatic carbocycles. The van der Waals surface area contributed by atoms with Crippen LogP contribution in [0.4, 0.5) is 0 Å². The van der Waals surface area contributed by atoms with Crippen molar-refractivity contribution in [3.8, 4) is 0 Å². The van der Waals surface area contributed by atoms with Crippen molar-refractivity contribution in [1.29, 1.82) is 0 Å². The van der Waals surface area contributed by atoms with Crippen LogP contribution >= 0.6 is 0 Å². The smallest absolute Gasteiger partial charge is 0.0284 e. The number of benzene rings is 1. The normalized spacial score (nSPS) is 25.5. The number of likely N-dealkylation sites (N-methyl/N-ethyl adjacent to an activating group) is 1. The fraction of sp³-hybridized carbons (Fsp3) is 0.647. The van der Waals surface area contributed by atoms with E-state index < -0.39 is 0 Å². The Morgan fingerprint density at radius 1 is 1.21 bits per heavy atom. The van der Waals surface area contributed by atoms with Crippen LogP contribution in [0, 0.1) is 0 Å². The van der Waals surface area contributed by atoms with Crippen LogP contribution in [0.2, 0.25) is 0 Å². The minimum absolute atomic E-state index is 0.245. The van der Waals surface area contributed by atoms with Crippen LogP contribution in [0.1, 0.15) is 38.8 Å². The third-order valence-electron chi connectivity index (χ3n) is 4.34. The minimum atomic E-state index is 0.245. The van der Waals surface area contributed by atoms with Gasteiger partial charge < -0.3 is 10.2 Å². The lowest BCUT2D eigenvalue weighted by Gasteiger charge is -2.38. The van der Waals surface area contributed by atoms with Gasteiger partial charge in [0, 0.05) is 25.2 Å². The standard InChI is InChI=1S/C17H28N2/c1-13-16(19(5)11-10-18-13)12-14-6-8-15(9-7-14)17(2,3)4/h6-9,13,16,18H,10-12H2,1-5H3. The van der Waals surface area contributed by atoms with Crippen molar-refractivity contribution in [3.63, 3.8) is 0 Å². The Hall–Kier alpha value is -0.860. The van der Waals surface area contributed by atoms with Crippen LogP contribution in [0.15, 0.2) is 24.3 Å². The van der Waals surface area contributed by atoms with Crippen molar-refractivity contribution in [2.45, 2.75) is 51.6 Å². The van der Waals surface area contributed by atoms with Crippen molar-refractivity contribution < 1.29 is 0 Å². The van der Waals surface area contributed by atoms with E-state index in [-0.39, 0.29) is 5.41 Å². The van der Waals surface area contributed by atoms with Gasteiger partial charge in [-0.05, 0) is 36.9 Å². The maximum absolute atomic E-state index is 3.58. The van der Waals surface area contributed by atoms with E-state index in [1.807, 2.05) is 0 Å². The predicted octanol–water partition coefficient (Wildman–Crippen LogP) is 2.82. The summed E-state index contributed by atoms with van der Waals surface area (Å²) in [6.45, 7) is 11.4. The lowest BCUT2D eigenvalue weighted by atomic mass is 9.86. The molecule has 1 aliphatic heterocycles. The van der Waals surface area contributed by atoms with Gasteiger partial charge in [0.1, 0.15) is 0 Å². The highest BCUT2D eigenvalue weighted by Crippen LogP contribution is 2.23. The first kappa shape index (κ1) is 14.5. The Bertz CT molecular complexity index is 392. The first-order chi connectivity index (χ1) is 8.88. The van der Waals surface area contributed by atoms with Gasteiger partial charge in [0.25, 0.3) is 0 Å². The van der Waals surface area contributed by atoms with Gasteiger partial charge in [-0.3, -0.25) is 0 Å². The van der Waals surface area contributed by atoms with Crippen LogP contribution in [-0.2, 0) is 11.8 Å². The van der Waals surface area contributed by atoms with Gasteiger partial charge in [-0.1, -0.05) is 45.0 Å². The summed E-state index contributed by atoms with van der Waals surface area (Å²) in [4.78, 5) is 2.48. The monoisotopic (exact) mass is 260 g/mol. The van der Waals surface area contributed by atoms with Crippen molar-refractivity contribution in [3.05, 3.63) is 35.4 Å². The topological polar surface area (TPSA) is 15.3 Å². The van der Waals surface area contributed by atoms with Crippen molar-refractivity contribution in [1.82, 2.24) is 10.2 Å². The molecule has 0 saturated carbocycles. The lowest BCUT2D eigenvalue weighted by molar-refractivity contribution is 0.157. The summed E-state index contributed by atoms with van der Waals surface area (Å²) in [6.07, 6.45) is 1.13. The molecule has 2 nitrogen and oxygen atoms in total. The molecule has 2 unspecified atom stereocenters. The summed E-state index contributed by atoms with van der Waals surface area (Å²) >= 11 is 0. The molecular weight excluding hydrogens is 232 g/mol. The van der Waals surface area contributed by atoms with Crippen LogP contribution in [0.5, 0.6) is 0 Å². The quantitative estimate of drug-likeness (QED) is 0.879. The Morgan fingerprint density at radius 3 is 2.37 bits per heavy atom. The van der Waals surface area contributed by atoms with E-state index in [2.05, 4.69) is 69.2 Å². The van der Waals surface area contributed by atoms with Crippen LogP contribution in [0.25, 0.3) is 0 Å². The van der Waals surface area contributed by atoms with Gasteiger partial charge >= 0.3 is 0 Å². The van der Waals surface area contributed by atoms with Gasteiger partial charge in [-0.25, -0.2) is 0 Å². The van der Waals surface area contributed by atoms with Crippen molar-refractivity contribution >= 4 is 0 Å². The van der Waals surface area contributed by atoms with E-state index >= 15 is 0 Å². The van der Waals surface area contributed by atoms with Crippen LogP contribution in [0.3, 0.4) is 0 Å². The molecule has 1 aliphatic rings. The fourth-order valence-electron chi connectivity index (χ4n) is 2.87. The molecule has 1 aromatic rings. The Morgan fingerprint density at radius 2 is 1.84 bits per heavy atom. The fourth-order valence-corrected chi connectivity index (χ4v) is 2.87. The van der Waals surface area contributed by atoms with E-state index in [4.69, 9.17) is 0 Å². The molecule has 0 bridgehead atoms. The van der Waals surface area contributed by atoms with Gasteiger partial charge in [0.2, 0.25) is 0 Å². The molecule has 19 heavy (non-hydrogen) atoms. The molecule has 0 aromatic heterocycles. The van der Waals surface area contributed by atoms with E-state index in [0.29, 0.717) is 12.1 Å². The van der Waals surface area contributed by atoms with Gasteiger partial charge in [0.05, 0.1) is 0 Å². The zero-order valence-electron chi connectivity index (χ0n) is 13.0. The zero-order chi connectivity index (χ0) is 14.0. The van der Waals surface area contributed by atoms with Crippen LogP contribution in [-0.4, -0.2) is 37.1 Å². The summed E-state index contributed by atoms with van der Waals surface area (Å²) in [7, 11) is 2.24. The second-order valence-electron chi connectivity index (χ2n) is 6.94. The average molecular weight is 260 g/mol.